The van der Waals surface area contributed by atoms with Crippen molar-refractivity contribution in [3.63, 3.8) is 0 Å². The van der Waals surface area contributed by atoms with Crippen molar-refractivity contribution < 1.29 is 9.53 Å². The van der Waals surface area contributed by atoms with E-state index in [-0.39, 0.29) is 10.9 Å². The van der Waals surface area contributed by atoms with Crippen LogP contribution in [-0.2, 0) is 5.41 Å². The summed E-state index contributed by atoms with van der Waals surface area (Å²) < 4.78 is 5.93. The highest BCUT2D eigenvalue weighted by molar-refractivity contribution is 7.58. The molecular weight excluding hydrogens is 423 g/mol. The van der Waals surface area contributed by atoms with E-state index in [1.54, 1.807) is 0 Å². The lowest BCUT2D eigenvalue weighted by molar-refractivity contribution is 0.0762. The first kappa shape index (κ1) is 22.6. The van der Waals surface area contributed by atoms with Gasteiger partial charge in [-0.1, -0.05) is 44.2 Å². The van der Waals surface area contributed by atoms with Crippen molar-refractivity contribution in [2.24, 2.45) is 17.8 Å². The van der Waals surface area contributed by atoms with Gasteiger partial charge >= 0.3 is 0 Å². The Balaban J connectivity index is 1.57. The molecule has 2 saturated carbocycles. The van der Waals surface area contributed by atoms with Crippen LogP contribution in [0.5, 0.6) is 5.75 Å². The van der Waals surface area contributed by atoms with Gasteiger partial charge in [-0.3, -0.25) is 4.79 Å². The van der Waals surface area contributed by atoms with Gasteiger partial charge in [-0.25, -0.2) is 0 Å². The molecule has 3 atom stereocenters. The van der Waals surface area contributed by atoms with Gasteiger partial charge in [-0.2, -0.15) is 0 Å². The molecule has 3 unspecified atom stereocenters. The van der Waals surface area contributed by atoms with Crippen molar-refractivity contribution in [2.45, 2.75) is 51.4 Å². The van der Waals surface area contributed by atoms with Gasteiger partial charge in [0, 0.05) is 11.1 Å². The lowest BCUT2D eigenvalue weighted by Gasteiger charge is -2.50. The molecule has 0 heterocycles. The third-order valence-electron chi connectivity index (χ3n) is 8.06. The normalized spacial score (nSPS) is 27.2. The van der Waals surface area contributed by atoms with Crippen molar-refractivity contribution in [3.05, 3.63) is 65.7 Å². The number of benzene rings is 3. The first-order chi connectivity index (χ1) is 15.9. The summed E-state index contributed by atoms with van der Waals surface area (Å²) >= 11 is 0. The maximum absolute atomic E-state index is 12.1. The van der Waals surface area contributed by atoms with Crippen molar-refractivity contribution in [1.29, 1.82) is 0 Å². The molecule has 0 radical (unpaired) electrons. The molecule has 0 N–H and O–H groups in total. The predicted octanol–water partition coefficient (Wildman–Crippen LogP) is 8.07. The fourth-order valence-corrected chi connectivity index (χ4v) is 7.49. The maximum atomic E-state index is 12.1. The average molecular weight is 459 g/mol. The van der Waals surface area contributed by atoms with E-state index >= 15 is 0 Å². The monoisotopic (exact) mass is 458 g/mol. The third kappa shape index (κ3) is 4.24. The fourth-order valence-electron chi connectivity index (χ4n) is 7.05. The standard InChI is InChI=1S/C30H35O2P/c1-19-11-21-12-20(2)17-30(16-19,18-21)27-15-25(9-10-28(27)32-3)23-5-6-24-14-26(29(31)33-4)8-7-22(24)13-23/h5-10,13-15,19-21,33H,11-12,16-18H2,1-4H3. The van der Waals surface area contributed by atoms with Crippen LogP contribution >= 0.6 is 8.58 Å². The Morgan fingerprint density at radius 2 is 1.52 bits per heavy atom. The zero-order chi connectivity index (χ0) is 23.2. The molecule has 3 aromatic carbocycles. The van der Waals surface area contributed by atoms with E-state index in [1.165, 1.54) is 54.2 Å². The Bertz CT molecular complexity index is 1180. The summed E-state index contributed by atoms with van der Waals surface area (Å²) in [5.41, 5.74) is 5.16. The van der Waals surface area contributed by atoms with Crippen molar-refractivity contribution in [3.8, 4) is 16.9 Å². The summed E-state index contributed by atoms with van der Waals surface area (Å²) in [5.74, 6) is 3.43. The highest BCUT2D eigenvalue weighted by atomic mass is 31.1. The number of ether oxygens (including phenoxy) is 1. The molecule has 33 heavy (non-hydrogen) atoms. The van der Waals surface area contributed by atoms with E-state index < -0.39 is 0 Å². The molecule has 3 heteroatoms. The lowest BCUT2D eigenvalue weighted by Crippen LogP contribution is -2.42. The molecule has 5 rings (SSSR count). The van der Waals surface area contributed by atoms with E-state index in [9.17, 15) is 4.79 Å². The van der Waals surface area contributed by atoms with Crippen LogP contribution in [0.3, 0.4) is 0 Å². The second-order valence-corrected chi connectivity index (χ2v) is 11.7. The summed E-state index contributed by atoms with van der Waals surface area (Å²) in [4.78, 5) is 12.1. The molecule has 172 valence electrons. The highest BCUT2D eigenvalue weighted by Gasteiger charge is 2.46. The van der Waals surface area contributed by atoms with Crippen LogP contribution in [0.2, 0.25) is 0 Å². The number of carbonyl (C=O) groups excluding carboxylic acids is 1. The van der Waals surface area contributed by atoms with E-state index in [0.717, 1.165) is 34.5 Å². The SMILES string of the molecule is COc1ccc(-c2ccc3cc(C(=O)PC)ccc3c2)cc1C12CC(C)CC(CC(C)C1)C2. The summed E-state index contributed by atoms with van der Waals surface area (Å²) in [5, 5.41) is 2.30. The first-order valence-electron chi connectivity index (χ1n) is 12.4. The number of hydrogen-bond donors (Lipinski definition) is 0. The minimum atomic E-state index is 0.224. The van der Waals surface area contributed by atoms with Gasteiger partial charge in [0.25, 0.3) is 0 Å². The summed E-state index contributed by atoms with van der Waals surface area (Å²) in [7, 11) is 2.12. The number of hydrogen-bond acceptors (Lipinski definition) is 2. The van der Waals surface area contributed by atoms with Gasteiger partial charge in [0.1, 0.15) is 5.75 Å². The van der Waals surface area contributed by atoms with Gasteiger partial charge < -0.3 is 4.74 Å². The Labute approximate surface area is 199 Å². The number of carbonyl (C=O) groups is 1. The van der Waals surface area contributed by atoms with Gasteiger partial charge in [0.15, 0.2) is 5.52 Å². The predicted molar refractivity (Wildman–Crippen MR) is 141 cm³/mol. The average Bonchev–Trinajstić information content (AvgIpc) is 2.81. The minimum Gasteiger partial charge on any atom is -0.496 e. The number of fused-ring (bicyclic) bond motifs is 3. The molecule has 2 nitrogen and oxygen atoms in total. The van der Waals surface area contributed by atoms with Crippen molar-refractivity contribution >= 4 is 24.9 Å². The molecular formula is C30H35O2P. The Morgan fingerprint density at radius 1 is 0.879 bits per heavy atom. The van der Waals surface area contributed by atoms with Crippen LogP contribution in [0.4, 0.5) is 0 Å². The topological polar surface area (TPSA) is 26.3 Å². The van der Waals surface area contributed by atoms with Crippen LogP contribution in [0.25, 0.3) is 21.9 Å². The number of rotatable bonds is 5. The second-order valence-electron chi connectivity index (χ2n) is 10.7. The molecule has 0 aromatic heterocycles. The molecule has 0 aliphatic heterocycles. The van der Waals surface area contributed by atoms with Gasteiger partial charge in [-0.05, 0) is 117 Å². The molecule has 0 saturated heterocycles. The van der Waals surface area contributed by atoms with Gasteiger partial charge in [0.2, 0.25) is 0 Å². The van der Waals surface area contributed by atoms with Gasteiger partial charge in [-0.15, -0.1) is 0 Å². The largest absolute Gasteiger partial charge is 0.496 e. The van der Waals surface area contributed by atoms with E-state index in [4.69, 9.17) is 4.74 Å². The molecule has 2 bridgehead atoms. The first-order valence-corrected chi connectivity index (χ1v) is 13.9. The van der Waals surface area contributed by atoms with Gasteiger partial charge in [0.05, 0.1) is 7.11 Å². The molecule has 0 amide bonds. The highest BCUT2D eigenvalue weighted by Crippen LogP contribution is 2.56. The molecule has 2 aliphatic rings. The Kier molecular flexibility index (Phi) is 6.08. The van der Waals surface area contributed by atoms with Crippen LogP contribution in [0, 0.1) is 17.8 Å². The van der Waals surface area contributed by atoms with E-state index in [0.29, 0.717) is 8.58 Å². The fraction of sp³-hybridized carbons (Fsp3) is 0.433. The maximum Gasteiger partial charge on any atom is 0.180 e. The Morgan fingerprint density at radius 3 is 2.21 bits per heavy atom. The zero-order valence-corrected chi connectivity index (χ0v) is 21.3. The van der Waals surface area contributed by atoms with Crippen LogP contribution in [-0.4, -0.2) is 19.3 Å². The summed E-state index contributed by atoms with van der Waals surface area (Å²) in [6.07, 6.45) is 6.58. The molecule has 3 aromatic rings. The minimum absolute atomic E-state index is 0.224. The lowest BCUT2D eigenvalue weighted by atomic mass is 9.54. The van der Waals surface area contributed by atoms with Crippen LogP contribution < -0.4 is 4.74 Å². The van der Waals surface area contributed by atoms with E-state index in [2.05, 4.69) is 56.3 Å². The number of methoxy groups -OCH3 is 1. The summed E-state index contributed by atoms with van der Waals surface area (Å²) in [6.45, 7) is 6.82. The van der Waals surface area contributed by atoms with Crippen molar-refractivity contribution in [2.75, 3.05) is 13.8 Å². The molecule has 2 fully saturated rings. The summed E-state index contributed by atoms with van der Waals surface area (Å²) in [6, 6.07) is 19.5. The molecule has 2 aliphatic carbocycles. The quantitative estimate of drug-likeness (QED) is 0.361. The van der Waals surface area contributed by atoms with Crippen LogP contribution in [0.1, 0.15) is 61.9 Å². The Hall–Kier alpha value is -2.18. The third-order valence-corrected chi connectivity index (χ3v) is 8.81. The van der Waals surface area contributed by atoms with Crippen molar-refractivity contribution in [1.82, 2.24) is 0 Å². The van der Waals surface area contributed by atoms with E-state index in [1.807, 2.05) is 25.9 Å². The zero-order valence-electron chi connectivity index (χ0n) is 20.3. The van der Waals surface area contributed by atoms with Crippen LogP contribution in [0.15, 0.2) is 54.6 Å². The smallest absolute Gasteiger partial charge is 0.180 e. The molecule has 0 spiro atoms. The second kappa shape index (κ2) is 8.88.